The van der Waals surface area contributed by atoms with Gasteiger partial charge in [0.1, 0.15) is 0 Å². The molecule has 0 aliphatic carbocycles. The summed E-state index contributed by atoms with van der Waals surface area (Å²) in [6.45, 7) is 1.70. The third-order valence-corrected chi connectivity index (χ3v) is 6.12. The summed E-state index contributed by atoms with van der Waals surface area (Å²) in [5.74, 6) is 0. The van der Waals surface area contributed by atoms with Crippen molar-refractivity contribution < 1.29 is 8.42 Å². The van der Waals surface area contributed by atoms with Crippen molar-refractivity contribution in [3.05, 3.63) is 45.1 Å². The number of benzene rings is 1. The van der Waals surface area contributed by atoms with E-state index in [0.29, 0.717) is 16.3 Å². The van der Waals surface area contributed by atoms with Gasteiger partial charge in [-0.2, -0.15) is 0 Å². The number of thiophene rings is 1. The van der Waals surface area contributed by atoms with E-state index in [2.05, 4.69) is 20.7 Å². The van der Waals surface area contributed by atoms with Gasteiger partial charge in [-0.25, -0.2) is 8.42 Å². The zero-order valence-electron chi connectivity index (χ0n) is 10.7. The van der Waals surface area contributed by atoms with Crippen LogP contribution < -0.4 is 4.72 Å². The lowest BCUT2D eigenvalue weighted by Crippen LogP contribution is -2.14. The van der Waals surface area contributed by atoms with Crippen LogP contribution in [0.3, 0.4) is 0 Å². The van der Waals surface area contributed by atoms with Crippen molar-refractivity contribution in [1.29, 1.82) is 0 Å². The number of hydrogen-bond donors (Lipinski definition) is 1. The van der Waals surface area contributed by atoms with Gasteiger partial charge in [-0.3, -0.25) is 4.72 Å². The Balaban J connectivity index is 2.36. The van der Waals surface area contributed by atoms with Crippen molar-refractivity contribution in [2.45, 2.75) is 18.2 Å². The van der Waals surface area contributed by atoms with E-state index in [0.717, 1.165) is 16.6 Å². The molecule has 0 spiro atoms. The number of halogens is 2. The highest BCUT2D eigenvalue weighted by Gasteiger charge is 2.19. The summed E-state index contributed by atoms with van der Waals surface area (Å²) in [4.78, 5) is 1.21. The summed E-state index contributed by atoms with van der Waals surface area (Å²) in [5.41, 5.74) is 1.19. The molecule has 0 radical (unpaired) electrons. The van der Waals surface area contributed by atoms with Crippen molar-refractivity contribution in [1.82, 2.24) is 0 Å². The first-order valence-corrected chi connectivity index (χ1v) is 9.72. The quantitative estimate of drug-likeness (QED) is 0.762. The Morgan fingerprint density at radius 1 is 1.35 bits per heavy atom. The number of alkyl halides is 1. The lowest BCUT2D eigenvalue weighted by atomic mass is 10.2. The molecule has 0 aliphatic heterocycles. The van der Waals surface area contributed by atoms with Crippen molar-refractivity contribution in [2.24, 2.45) is 0 Å². The van der Waals surface area contributed by atoms with Gasteiger partial charge in [-0.1, -0.05) is 33.6 Å². The molecule has 0 bridgehead atoms. The molecule has 1 aromatic carbocycles. The van der Waals surface area contributed by atoms with Crippen LogP contribution >= 0.6 is 38.9 Å². The summed E-state index contributed by atoms with van der Waals surface area (Å²) in [7, 11) is -3.62. The number of aryl methyl sites for hydroxylation is 1. The smallest absolute Gasteiger partial charge is 0.262 e. The maximum absolute atomic E-state index is 12.5. The van der Waals surface area contributed by atoms with E-state index >= 15 is 0 Å². The SMILES string of the molecule is Cc1c(Cl)cccc1S(=O)(=O)Nc1ccsc1CCBr. The van der Waals surface area contributed by atoms with Gasteiger partial charge < -0.3 is 0 Å². The molecule has 3 nitrogen and oxygen atoms in total. The van der Waals surface area contributed by atoms with Crippen LogP contribution in [-0.2, 0) is 16.4 Å². The molecular weight excluding hydrogens is 382 g/mol. The van der Waals surface area contributed by atoms with Crippen LogP contribution in [-0.4, -0.2) is 13.7 Å². The number of sulfonamides is 1. The van der Waals surface area contributed by atoms with Crippen LogP contribution in [0.2, 0.25) is 5.02 Å². The van der Waals surface area contributed by atoms with Gasteiger partial charge in [0.2, 0.25) is 0 Å². The largest absolute Gasteiger partial charge is 0.278 e. The Bertz CT molecular complexity index is 713. The highest BCUT2D eigenvalue weighted by Crippen LogP contribution is 2.28. The second kappa shape index (κ2) is 6.47. The summed E-state index contributed by atoms with van der Waals surface area (Å²) < 4.78 is 27.5. The molecule has 108 valence electrons. The van der Waals surface area contributed by atoms with E-state index in [4.69, 9.17) is 11.6 Å². The van der Waals surface area contributed by atoms with Gasteiger partial charge >= 0.3 is 0 Å². The predicted molar refractivity (Wildman–Crippen MR) is 88.8 cm³/mol. The zero-order valence-corrected chi connectivity index (χ0v) is 14.7. The molecule has 20 heavy (non-hydrogen) atoms. The van der Waals surface area contributed by atoms with E-state index in [-0.39, 0.29) is 4.90 Å². The first kappa shape index (κ1) is 15.8. The second-order valence-corrected chi connectivity index (χ2v) is 8.02. The fourth-order valence-corrected chi connectivity index (χ4v) is 4.94. The van der Waals surface area contributed by atoms with Crippen LogP contribution in [0.1, 0.15) is 10.4 Å². The summed E-state index contributed by atoms with van der Waals surface area (Å²) in [5, 5.41) is 3.11. The summed E-state index contributed by atoms with van der Waals surface area (Å²) in [6, 6.07) is 6.65. The molecule has 0 amide bonds. The van der Waals surface area contributed by atoms with E-state index in [1.807, 2.05) is 5.38 Å². The van der Waals surface area contributed by atoms with E-state index < -0.39 is 10.0 Å². The lowest BCUT2D eigenvalue weighted by Gasteiger charge is -2.11. The second-order valence-electron chi connectivity index (χ2n) is 4.16. The maximum Gasteiger partial charge on any atom is 0.262 e. The average molecular weight is 395 g/mol. The third kappa shape index (κ3) is 3.36. The molecular formula is C13H13BrClNO2S2. The number of rotatable bonds is 5. The first-order chi connectivity index (χ1) is 9.45. The third-order valence-electron chi connectivity index (χ3n) is 2.82. The monoisotopic (exact) mass is 393 g/mol. The summed E-state index contributed by atoms with van der Waals surface area (Å²) >= 11 is 10.9. The van der Waals surface area contributed by atoms with Crippen molar-refractivity contribution in [3.8, 4) is 0 Å². The molecule has 2 rings (SSSR count). The van der Waals surface area contributed by atoms with Crippen LogP contribution in [0, 0.1) is 6.92 Å². The minimum absolute atomic E-state index is 0.209. The Morgan fingerprint density at radius 2 is 2.10 bits per heavy atom. The fraction of sp³-hybridized carbons (Fsp3) is 0.231. The molecule has 0 fully saturated rings. The standard InChI is InChI=1S/C13H13BrClNO2S2/c1-9-10(15)3-2-4-13(9)20(17,18)16-11-6-8-19-12(11)5-7-14/h2-4,6,8,16H,5,7H2,1H3. The zero-order chi connectivity index (χ0) is 14.8. The summed E-state index contributed by atoms with van der Waals surface area (Å²) in [6.07, 6.45) is 0.782. The molecule has 2 aromatic rings. The van der Waals surface area contributed by atoms with Crippen LogP contribution in [0.15, 0.2) is 34.5 Å². The maximum atomic E-state index is 12.5. The average Bonchev–Trinajstić information content (AvgIpc) is 2.80. The Morgan fingerprint density at radius 3 is 2.80 bits per heavy atom. The lowest BCUT2D eigenvalue weighted by molar-refractivity contribution is 0.600. The predicted octanol–water partition coefficient (Wildman–Crippen LogP) is 4.45. The normalized spacial score (nSPS) is 11.6. The molecule has 1 N–H and O–H groups in total. The molecule has 0 aliphatic rings. The number of hydrogen-bond acceptors (Lipinski definition) is 3. The molecule has 0 saturated heterocycles. The fourth-order valence-electron chi connectivity index (χ4n) is 1.79. The highest BCUT2D eigenvalue weighted by atomic mass is 79.9. The molecule has 7 heteroatoms. The first-order valence-electron chi connectivity index (χ1n) is 5.86. The van der Waals surface area contributed by atoms with Gasteiger partial charge in [0, 0.05) is 15.2 Å². The molecule has 1 aromatic heterocycles. The van der Waals surface area contributed by atoms with E-state index in [1.165, 1.54) is 11.3 Å². The van der Waals surface area contributed by atoms with Gasteiger partial charge in [0.05, 0.1) is 10.6 Å². The Hall–Kier alpha value is -0.560. The van der Waals surface area contributed by atoms with Gasteiger partial charge in [-0.05, 0) is 42.5 Å². The van der Waals surface area contributed by atoms with Gasteiger partial charge in [0.25, 0.3) is 10.0 Å². The Kier molecular flexibility index (Phi) is 5.12. The minimum Gasteiger partial charge on any atom is -0.278 e. The molecule has 0 atom stereocenters. The van der Waals surface area contributed by atoms with Crippen LogP contribution in [0.25, 0.3) is 0 Å². The van der Waals surface area contributed by atoms with Crippen molar-refractivity contribution in [2.75, 3.05) is 10.1 Å². The Labute approximate surface area is 136 Å². The van der Waals surface area contributed by atoms with Crippen LogP contribution in [0.5, 0.6) is 0 Å². The van der Waals surface area contributed by atoms with Crippen molar-refractivity contribution in [3.63, 3.8) is 0 Å². The highest BCUT2D eigenvalue weighted by molar-refractivity contribution is 9.09. The topological polar surface area (TPSA) is 46.2 Å². The van der Waals surface area contributed by atoms with Crippen molar-refractivity contribution >= 4 is 54.6 Å². The molecule has 1 heterocycles. The van der Waals surface area contributed by atoms with Crippen LogP contribution in [0.4, 0.5) is 5.69 Å². The number of nitrogens with one attached hydrogen (secondary N) is 1. The van der Waals surface area contributed by atoms with Gasteiger partial charge in [-0.15, -0.1) is 11.3 Å². The molecule has 0 saturated carbocycles. The number of anilines is 1. The van der Waals surface area contributed by atoms with Gasteiger partial charge in [0.15, 0.2) is 0 Å². The molecule has 0 unspecified atom stereocenters. The van der Waals surface area contributed by atoms with E-state index in [1.54, 1.807) is 31.2 Å². The minimum atomic E-state index is -3.62. The van der Waals surface area contributed by atoms with E-state index in [9.17, 15) is 8.42 Å².